The summed E-state index contributed by atoms with van der Waals surface area (Å²) in [6.07, 6.45) is -4.47. The van der Waals surface area contributed by atoms with Crippen LogP contribution in [-0.2, 0) is 16.2 Å². The largest absolute Gasteiger partial charge is 0.462 e. The molecule has 0 saturated carbocycles. The number of sulfonamides is 1. The minimum Gasteiger partial charge on any atom is -0.462 e. The lowest BCUT2D eigenvalue weighted by Gasteiger charge is -2.11. The first-order valence-corrected chi connectivity index (χ1v) is 12.9. The summed E-state index contributed by atoms with van der Waals surface area (Å²) in [6, 6.07) is 16.7. The lowest BCUT2D eigenvalue weighted by molar-refractivity contribution is -0.137. The first kappa shape index (κ1) is 26.5. The van der Waals surface area contributed by atoms with Gasteiger partial charge in [-0.1, -0.05) is 37.6 Å². The third-order valence-corrected chi connectivity index (χ3v) is 6.74. The molecule has 0 atom stereocenters. The Balaban J connectivity index is 1.64. The number of aromatic nitrogens is 3. The lowest BCUT2D eigenvalue weighted by Crippen LogP contribution is -2.12. The molecule has 37 heavy (non-hydrogen) atoms. The number of ether oxygens (including phenoxy) is 1. The Hall–Kier alpha value is -3.57. The van der Waals surface area contributed by atoms with Gasteiger partial charge in [-0.25, -0.2) is 13.1 Å². The van der Waals surface area contributed by atoms with Crippen molar-refractivity contribution in [2.75, 3.05) is 11.3 Å². The van der Waals surface area contributed by atoms with E-state index in [2.05, 4.69) is 14.8 Å². The van der Waals surface area contributed by atoms with E-state index < -0.39 is 21.8 Å². The Labute approximate surface area is 216 Å². The Morgan fingerprint density at radius 2 is 1.59 bits per heavy atom. The standard InChI is InChI=1S/C25H22ClF3N4O3S/c1-16(2)15-36-24-30-23(17-3-5-18(6-4-17)25(27,28)29)33(31-24)21-11-9-20(10-12-21)32-37(34,35)22-13-7-19(26)8-14-22/h3-14,16,32H,15H2,1-2H3. The lowest BCUT2D eigenvalue weighted by atomic mass is 10.1. The van der Waals surface area contributed by atoms with Gasteiger partial charge in [0.15, 0.2) is 5.82 Å². The molecule has 0 amide bonds. The van der Waals surface area contributed by atoms with Crippen molar-refractivity contribution >= 4 is 27.3 Å². The first-order chi connectivity index (χ1) is 17.4. The van der Waals surface area contributed by atoms with Gasteiger partial charge in [0.2, 0.25) is 0 Å². The van der Waals surface area contributed by atoms with Gasteiger partial charge in [0, 0.05) is 16.3 Å². The Morgan fingerprint density at radius 1 is 0.973 bits per heavy atom. The molecule has 0 aliphatic heterocycles. The Morgan fingerprint density at radius 3 is 2.16 bits per heavy atom. The maximum Gasteiger partial charge on any atom is 0.416 e. The molecule has 0 aliphatic carbocycles. The summed E-state index contributed by atoms with van der Waals surface area (Å²) in [6.45, 7) is 4.26. The van der Waals surface area contributed by atoms with Crippen molar-refractivity contribution in [1.29, 1.82) is 0 Å². The van der Waals surface area contributed by atoms with Gasteiger partial charge in [0.05, 0.1) is 22.8 Å². The molecule has 0 bridgehead atoms. The molecule has 1 heterocycles. The van der Waals surface area contributed by atoms with Gasteiger partial charge in [0.25, 0.3) is 10.0 Å². The minimum absolute atomic E-state index is 0.0498. The second-order valence-electron chi connectivity index (χ2n) is 8.52. The molecular weight excluding hydrogens is 529 g/mol. The van der Waals surface area contributed by atoms with E-state index in [-0.39, 0.29) is 22.6 Å². The monoisotopic (exact) mass is 550 g/mol. The second-order valence-corrected chi connectivity index (χ2v) is 10.6. The van der Waals surface area contributed by atoms with Crippen molar-refractivity contribution in [1.82, 2.24) is 14.8 Å². The summed E-state index contributed by atoms with van der Waals surface area (Å²) in [7, 11) is -3.84. The summed E-state index contributed by atoms with van der Waals surface area (Å²) >= 11 is 5.83. The zero-order valence-corrected chi connectivity index (χ0v) is 21.3. The van der Waals surface area contributed by atoms with Crippen molar-refractivity contribution in [2.45, 2.75) is 24.9 Å². The zero-order chi connectivity index (χ0) is 26.8. The van der Waals surface area contributed by atoms with Crippen molar-refractivity contribution in [2.24, 2.45) is 5.92 Å². The van der Waals surface area contributed by atoms with Crippen LogP contribution in [0.4, 0.5) is 18.9 Å². The second kappa shape index (κ2) is 10.4. The molecule has 3 aromatic carbocycles. The number of nitrogens with zero attached hydrogens (tertiary/aromatic N) is 3. The van der Waals surface area contributed by atoms with E-state index in [9.17, 15) is 21.6 Å². The van der Waals surface area contributed by atoms with Gasteiger partial charge in [-0.2, -0.15) is 18.2 Å². The van der Waals surface area contributed by atoms with Crippen molar-refractivity contribution in [3.63, 3.8) is 0 Å². The van der Waals surface area contributed by atoms with Gasteiger partial charge < -0.3 is 4.74 Å². The molecular formula is C25H22ClF3N4O3S. The molecule has 7 nitrogen and oxygen atoms in total. The minimum atomic E-state index is -4.47. The number of hydrogen-bond donors (Lipinski definition) is 1. The number of alkyl halides is 3. The van der Waals surface area contributed by atoms with Crippen LogP contribution >= 0.6 is 11.6 Å². The molecule has 12 heteroatoms. The zero-order valence-electron chi connectivity index (χ0n) is 19.7. The third kappa shape index (κ3) is 6.41. The molecule has 0 radical (unpaired) electrons. The first-order valence-electron chi connectivity index (χ1n) is 11.1. The SMILES string of the molecule is CC(C)COc1nc(-c2ccc(C(F)(F)F)cc2)n(-c2ccc(NS(=O)(=O)c3ccc(Cl)cc3)cc2)n1. The van der Waals surface area contributed by atoms with Crippen LogP contribution in [0.1, 0.15) is 19.4 Å². The van der Waals surface area contributed by atoms with Crippen LogP contribution in [0.15, 0.2) is 77.7 Å². The highest BCUT2D eigenvalue weighted by Gasteiger charge is 2.30. The summed E-state index contributed by atoms with van der Waals surface area (Å²) in [5.74, 6) is 0.469. The average molecular weight is 551 g/mol. The van der Waals surface area contributed by atoms with Gasteiger partial charge in [-0.15, -0.1) is 5.10 Å². The molecule has 0 fully saturated rings. The molecule has 1 N–H and O–H groups in total. The van der Waals surface area contributed by atoms with Crippen molar-refractivity contribution < 1.29 is 26.3 Å². The van der Waals surface area contributed by atoms with Gasteiger partial charge in [0.1, 0.15) is 0 Å². The summed E-state index contributed by atoms with van der Waals surface area (Å²) in [4.78, 5) is 4.43. The van der Waals surface area contributed by atoms with Crippen LogP contribution in [-0.4, -0.2) is 29.8 Å². The summed E-state index contributed by atoms with van der Waals surface area (Å²) in [5.41, 5.74) is 0.408. The van der Waals surface area contributed by atoms with Crippen LogP contribution < -0.4 is 9.46 Å². The molecule has 4 rings (SSSR count). The van der Waals surface area contributed by atoms with Crippen LogP contribution in [0.25, 0.3) is 17.1 Å². The summed E-state index contributed by atoms with van der Waals surface area (Å²) < 4.78 is 73.9. The summed E-state index contributed by atoms with van der Waals surface area (Å²) in [5, 5.41) is 4.78. The van der Waals surface area contributed by atoms with Gasteiger partial charge in [-0.3, -0.25) is 4.72 Å². The maximum absolute atomic E-state index is 13.0. The average Bonchev–Trinajstić information content (AvgIpc) is 3.27. The Kier molecular flexibility index (Phi) is 7.47. The topological polar surface area (TPSA) is 86.1 Å². The molecule has 0 unspecified atom stereocenters. The fraction of sp³-hybridized carbons (Fsp3) is 0.200. The maximum atomic E-state index is 13.0. The number of rotatable bonds is 8. The number of nitrogens with one attached hydrogen (secondary N) is 1. The van der Waals surface area contributed by atoms with E-state index >= 15 is 0 Å². The van der Waals surface area contributed by atoms with E-state index in [0.717, 1.165) is 12.1 Å². The molecule has 0 saturated heterocycles. The Bertz CT molecular complexity index is 1470. The number of anilines is 1. The van der Waals surface area contributed by atoms with E-state index in [1.54, 1.807) is 12.1 Å². The van der Waals surface area contributed by atoms with Crippen LogP contribution in [0.2, 0.25) is 5.02 Å². The van der Waals surface area contributed by atoms with E-state index in [1.165, 1.54) is 53.2 Å². The molecule has 0 spiro atoms. The molecule has 4 aromatic rings. The van der Waals surface area contributed by atoms with Crippen LogP contribution in [0.5, 0.6) is 6.01 Å². The predicted molar refractivity (Wildman–Crippen MR) is 134 cm³/mol. The van der Waals surface area contributed by atoms with E-state index in [0.29, 0.717) is 28.6 Å². The fourth-order valence-electron chi connectivity index (χ4n) is 3.27. The number of halogens is 4. The third-order valence-electron chi connectivity index (χ3n) is 5.09. The predicted octanol–water partition coefficient (Wildman–Crippen LogP) is 6.44. The van der Waals surface area contributed by atoms with E-state index in [4.69, 9.17) is 16.3 Å². The molecule has 0 aliphatic rings. The van der Waals surface area contributed by atoms with Gasteiger partial charge >= 0.3 is 12.2 Å². The molecule has 1 aromatic heterocycles. The smallest absolute Gasteiger partial charge is 0.416 e. The quantitative estimate of drug-likeness (QED) is 0.273. The van der Waals surface area contributed by atoms with E-state index in [1.807, 2.05) is 13.8 Å². The van der Waals surface area contributed by atoms with Crippen molar-refractivity contribution in [3.8, 4) is 23.1 Å². The number of hydrogen-bond acceptors (Lipinski definition) is 5. The molecule has 194 valence electrons. The normalized spacial score (nSPS) is 12.1. The van der Waals surface area contributed by atoms with Crippen LogP contribution in [0.3, 0.4) is 0 Å². The van der Waals surface area contributed by atoms with Crippen LogP contribution in [0, 0.1) is 5.92 Å². The highest BCUT2D eigenvalue weighted by Crippen LogP contribution is 2.32. The highest BCUT2D eigenvalue weighted by atomic mass is 35.5. The fourth-order valence-corrected chi connectivity index (χ4v) is 4.45. The highest BCUT2D eigenvalue weighted by molar-refractivity contribution is 7.92. The van der Waals surface area contributed by atoms with Crippen molar-refractivity contribution in [3.05, 3.63) is 83.4 Å². The number of benzene rings is 3. The van der Waals surface area contributed by atoms with Gasteiger partial charge in [-0.05, 0) is 66.6 Å².